The van der Waals surface area contributed by atoms with Crippen LogP contribution in [0.2, 0.25) is 0 Å². The molecule has 0 saturated heterocycles. The second kappa shape index (κ2) is 5.72. The summed E-state index contributed by atoms with van der Waals surface area (Å²) in [5.74, 6) is 1.06. The van der Waals surface area contributed by atoms with E-state index >= 15 is 0 Å². The van der Waals surface area contributed by atoms with Crippen LogP contribution in [0.25, 0.3) is 0 Å². The number of amides is 1. The second-order valence-electron chi connectivity index (χ2n) is 5.94. The first kappa shape index (κ1) is 13.8. The lowest BCUT2D eigenvalue weighted by Crippen LogP contribution is -2.41. The number of fused-ring (bicyclic) bond motifs is 1. The third-order valence-electron chi connectivity index (χ3n) is 4.29. The monoisotopic (exact) mass is 314 g/mol. The third kappa shape index (κ3) is 2.73. The maximum atomic E-state index is 12.9. The highest BCUT2D eigenvalue weighted by Gasteiger charge is 2.37. The summed E-state index contributed by atoms with van der Waals surface area (Å²) in [6.45, 7) is 1.12. The summed E-state index contributed by atoms with van der Waals surface area (Å²) in [5.41, 5.74) is 1.14. The Labute approximate surface area is 133 Å². The summed E-state index contributed by atoms with van der Waals surface area (Å²) in [5, 5.41) is 2.97. The van der Waals surface area contributed by atoms with Gasteiger partial charge in [0.05, 0.1) is 12.5 Å². The molecule has 2 aromatic rings. The highest BCUT2D eigenvalue weighted by atomic mass is 32.1. The van der Waals surface area contributed by atoms with Crippen LogP contribution in [0, 0.1) is 5.92 Å². The fourth-order valence-corrected chi connectivity index (χ4v) is 3.59. The molecule has 0 N–H and O–H groups in total. The zero-order chi connectivity index (χ0) is 14.9. The largest absolute Gasteiger partial charge is 0.492 e. The summed E-state index contributed by atoms with van der Waals surface area (Å²) in [4.78, 5) is 19.3. The average Bonchev–Trinajstić information content (AvgIpc) is 3.27. The average molecular weight is 314 g/mol. The van der Waals surface area contributed by atoms with E-state index in [9.17, 15) is 4.79 Å². The Bertz CT molecular complexity index is 667. The minimum atomic E-state index is -0.0736. The molecule has 1 saturated carbocycles. The quantitative estimate of drug-likeness (QED) is 0.871. The SMILES string of the molecule is O=C([C@H]1COc2ccccc2C1)N(Cc1nccs1)C1CC1. The topological polar surface area (TPSA) is 42.4 Å². The van der Waals surface area contributed by atoms with Gasteiger partial charge >= 0.3 is 0 Å². The van der Waals surface area contributed by atoms with Crippen LogP contribution in [0.5, 0.6) is 5.75 Å². The van der Waals surface area contributed by atoms with Gasteiger partial charge in [0.1, 0.15) is 17.4 Å². The second-order valence-corrected chi connectivity index (χ2v) is 6.92. The van der Waals surface area contributed by atoms with Crippen molar-refractivity contribution in [1.82, 2.24) is 9.88 Å². The van der Waals surface area contributed by atoms with E-state index in [1.165, 1.54) is 0 Å². The van der Waals surface area contributed by atoms with Gasteiger partial charge < -0.3 is 9.64 Å². The Hall–Kier alpha value is -1.88. The summed E-state index contributed by atoms with van der Waals surface area (Å²) in [7, 11) is 0. The van der Waals surface area contributed by atoms with Crippen molar-refractivity contribution in [1.29, 1.82) is 0 Å². The molecule has 0 unspecified atom stereocenters. The van der Waals surface area contributed by atoms with E-state index in [1.807, 2.05) is 28.5 Å². The Balaban J connectivity index is 1.50. The molecule has 0 spiro atoms. The van der Waals surface area contributed by atoms with Gasteiger partial charge in [-0.25, -0.2) is 4.98 Å². The van der Waals surface area contributed by atoms with Gasteiger partial charge in [0.2, 0.25) is 5.91 Å². The van der Waals surface area contributed by atoms with Crippen molar-refractivity contribution in [3.63, 3.8) is 0 Å². The molecule has 1 aromatic heterocycles. The van der Waals surface area contributed by atoms with Crippen LogP contribution in [-0.4, -0.2) is 28.4 Å². The van der Waals surface area contributed by atoms with Crippen molar-refractivity contribution in [3.05, 3.63) is 46.4 Å². The van der Waals surface area contributed by atoms with E-state index in [1.54, 1.807) is 17.5 Å². The number of carbonyl (C=O) groups is 1. The predicted octanol–water partition coefficient (Wildman–Crippen LogP) is 2.89. The van der Waals surface area contributed by atoms with Crippen molar-refractivity contribution in [2.24, 2.45) is 5.92 Å². The number of hydrogen-bond acceptors (Lipinski definition) is 4. The number of thiazole rings is 1. The van der Waals surface area contributed by atoms with Crippen LogP contribution in [0.4, 0.5) is 0 Å². The lowest BCUT2D eigenvalue weighted by atomic mass is 9.95. The number of para-hydroxylation sites is 1. The molecule has 1 aromatic carbocycles. The van der Waals surface area contributed by atoms with E-state index in [4.69, 9.17) is 4.74 Å². The first-order valence-electron chi connectivity index (χ1n) is 7.71. The summed E-state index contributed by atoms with van der Waals surface area (Å²) in [6, 6.07) is 8.40. The normalized spacial score (nSPS) is 20.1. The highest BCUT2D eigenvalue weighted by molar-refractivity contribution is 7.09. The van der Waals surface area contributed by atoms with Crippen LogP contribution in [0.1, 0.15) is 23.4 Å². The van der Waals surface area contributed by atoms with E-state index in [-0.39, 0.29) is 11.8 Å². The van der Waals surface area contributed by atoms with Crippen LogP contribution in [-0.2, 0) is 17.8 Å². The smallest absolute Gasteiger partial charge is 0.230 e. The van der Waals surface area contributed by atoms with Crippen molar-refractivity contribution in [2.45, 2.75) is 31.8 Å². The Morgan fingerprint density at radius 1 is 1.36 bits per heavy atom. The number of rotatable bonds is 4. The van der Waals surface area contributed by atoms with Gasteiger partial charge in [0.25, 0.3) is 0 Å². The van der Waals surface area contributed by atoms with Crippen LogP contribution >= 0.6 is 11.3 Å². The zero-order valence-electron chi connectivity index (χ0n) is 12.3. The van der Waals surface area contributed by atoms with Crippen molar-refractivity contribution in [3.8, 4) is 5.75 Å². The molecule has 0 radical (unpaired) electrons. The molecule has 1 aliphatic carbocycles. The number of ether oxygens (including phenoxy) is 1. The molecule has 114 valence electrons. The number of carbonyl (C=O) groups excluding carboxylic acids is 1. The van der Waals surface area contributed by atoms with Gasteiger partial charge in [0.15, 0.2) is 0 Å². The standard InChI is InChI=1S/C17H18N2O2S/c20-17(13-9-12-3-1-2-4-15(12)21-11-13)19(14-5-6-14)10-16-18-7-8-22-16/h1-4,7-8,13-14H,5-6,9-11H2/t13-/m1/s1. The molecule has 1 aliphatic heterocycles. The number of nitrogens with zero attached hydrogens (tertiary/aromatic N) is 2. The third-order valence-corrected chi connectivity index (χ3v) is 5.05. The molecule has 22 heavy (non-hydrogen) atoms. The first-order chi connectivity index (χ1) is 10.8. The van der Waals surface area contributed by atoms with Crippen molar-refractivity contribution < 1.29 is 9.53 Å². The molecular formula is C17H18N2O2S. The molecule has 2 aliphatic rings. The summed E-state index contributed by atoms with van der Waals surface area (Å²) >= 11 is 1.61. The van der Waals surface area contributed by atoms with Gasteiger partial charge in [-0.1, -0.05) is 18.2 Å². The van der Waals surface area contributed by atoms with Gasteiger partial charge in [-0.3, -0.25) is 4.79 Å². The molecule has 4 nitrogen and oxygen atoms in total. The van der Waals surface area contributed by atoms with Crippen molar-refractivity contribution in [2.75, 3.05) is 6.61 Å². The fraction of sp³-hybridized carbons (Fsp3) is 0.412. The molecule has 1 fully saturated rings. The van der Waals surface area contributed by atoms with Crippen LogP contribution < -0.4 is 4.74 Å². The molecule has 5 heteroatoms. The van der Waals surface area contributed by atoms with Gasteiger partial charge in [-0.05, 0) is 30.9 Å². The Morgan fingerprint density at radius 2 is 2.23 bits per heavy atom. The number of benzene rings is 1. The molecule has 0 bridgehead atoms. The Kier molecular flexibility index (Phi) is 3.58. The number of hydrogen-bond donors (Lipinski definition) is 0. The molecule has 4 rings (SSSR count). The van der Waals surface area contributed by atoms with E-state index < -0.39 is 0 Å². The number of aromatic nitrogens is 1. The van der Waals surface area contributed by atoms with E-state index in [2.05, 4.69) is 11.1 Å². The minimum Gasteiger partial charge on any atom is -0.492 e. The maximum Gasteiger partial charge on any atom is 0.230 e. The fourth-order valence-electron chi connectivity index (χ4n) is 2.97. The predicted molar refractivity (Wildman–Crippen MR) is 84.8 cm³/mol. The van der Waals surface area contributed by atoms with Gasteiger partial charge in [-0.15, -0.1) is 11.3 Å². The van der Waals surface area contributed by atoms with Crippen LogP contribution in [0.3, 0.4) is 0 Å². The highest BCUT2D eigenvalue weighted by Crippen LogP contribution is 2.33. The van der Waals surface area contributed by atoms with Crippen LogP contribution in [0.15, 0.2) is 35.8 Å². The minimum absolute atomic E-state index is 0.0736. The molecule has 1 atom stereocenters. The van der Waals surface area contributed by atoms with Gasteiger partial charge in [0, 0.05) is 17.6 Å². The summed E-state index contributed by atoms with van der Waals surface area (Å²) < 4.78 is 5.78. The summed E-state index contributed by atoms with van der Waals surface area (Å²) in [6.07, 6.45) is 4.80. The first-order valence-corrected chi connectivity index (χ1v) is 8.59. The lowest BCUT2D eigenvalue weighted by molar-refractivity contribution is -0.138. The zero-order valence-corrected chi connectivity index (χ0v) is 13.1. The maximum absolute atomic E-state index is 12.9. The molecule has 1 amide bonds. The molecule has 2 heterocycles. The lowest BCUT2D eigenvalue weighted by Gasteiger charge is -2.30. The van der Waals surface area contributed by atoms with E-state index in [0.29, 0.717) is 19.2 Å². The van der Waals surface area contributed by atoms with Crippen molar-refractivity contribution >= 4 is 17.2 Å². The van der Waals surface area contributed by atoms with Gasteiger partial charge in [-0.2, -0.15) is 0 Å². The van der Waals surface area contributed by atoms with E-state index in [0.717, 1.165) is 35.6 Å². The molecular weight excluding hydrogens is 296 g/mol. The Morgan fingerprint density at radius 3 is 3.00 bits per heavy atom.